The molecule has 148 valence electrons. The van der Waals surface area contributed by atoms with Crippen molar-refractivity contribution in [2.24, 2.45) is 0 Å². The first-order valence-corrected chi connectivity index (χ1v) is 10.4. The summed E-state index contributed by atoms with van der Waals surface area (Å²) in [6, 6.07) is 21.5. The van der Waals surface area contributed by atoms with E-state index in [1.165, 1.54) is 0 Å². The van der Waals surface area contributed by atoms with Gasteiger partial charge in [-0.2, -0.15) is 11.8 Å². The smallest absolute Gasteiger partial charge is 0.255 e. The summed E-state index contributed by atoms with van der Waals surface area (Å²) in [6.07, 6.45) is 2.03. The molecule has 6 heteroatoms. The lowest BCUT2D eigenvalue weighted by molar-refractivity contribution is 0.102. The van der Waals surface area contributed by atoms with Crippen LogP contribution in [0.4, 0.5) is 11.4 Å². The lowest BCUT2D eigenvalue weighted by Crippen LogP contribution is -2.14. The third-order valence-corrected chi connectivity index (χ3v) is 4.88. The van der Waals surface area contributed by atoms with Crippen molar-refractivity contribution in [3.8, 4) is 5.75 Å². The lowest BCUT2D eigenvalue weighted by atomic mass is 10.1. The fraction of sp³-hybridized carbons (Fsp3) is 0.130. The third kappa shape index (κ3) is 5.62. The molecule has 0 aliphatic heterocycles. The Kier molecular flexibility index (Phi) is 6.92. The summed E-state index contributed by atoms with van der Waals surface area (Å²) in [4.78, 5) is 24.9. The summed E-state index contributed by atoms with van der Waals surface area (Å²) >= 11 is 1.71. The Hall–Kier alpha value is -3.25. The fourth-order valence-electron chi connectivity index (χ4n) is 2.75. The summed E-state index contributed by atoms with van der Waals surface area (Å²) in [5.74, 6) is 1.18. The van der Waals surface area contributed by atoms with E-state index in [0.717, 1.165) is 17.1 Å². The molecule has 29 heavy (non-hydrogen) atoms. The summed E-state index contributed by atoms with van der Waals surface area (Å²) < 4.78 is 5.11. The van der Waals surface area contributed by atoms with Gasteiger partial charge in [0.2, 0.25) is 0 Å². The van der Waals surface area contributed by atoms with Crippen molar-refractivity contribution in [2.45, 2.75) is 5.75 Å². The fourth-order valence-corrected chi connectivity index (χ4v) is 3.27. The molecule has 2 N–H and O–H groups in total. The topological polar surface area (TPSA) is 67.4 Å². The predicted octanol–water partition coefficient (Wildman–Crippen LogP) is 5.06. The summed E-state index contributed by atoms with van der Waals surface area (Å²) in [5, 5.41) is 5.69. The average Bonchev–Trinajstić information content (AvgIpc) is 2.75. The Morgan fingerprint density at radius 1 is 0.828 bits per heavy atom. The van der Waals surface area contributed by atoms with Crippen molar-refractivity contribution in [2.75, 3.05) is 24.0 Å². The van der Waals surface area contributed by atoms with Gasteiger partial charge in [0.25, 0.3) is 11.8 Å². The molecule has 0 aromatic heterocycles. The SMILES string of the molecule is COc1ccc(NC(=O)c2ccc(NC(=O)c3cccc(CSC)c3)cc2)cc1. The Labute approximate surface area is 174 Å². The van der Waals surface area contributed by atoms with E-state index in [9.17, 15) is 9.59 Å². The highest BCUT2D eigenvalue weighted by atomic mass is 32.2. The Morgan fingerprint density at radius 2 is 1.41 bits per heavy atom. The quantitative estimate of drug-likeness (QED) is 0.575. The minimum absolute atomic E-state index is 0.177. The monoisotopic (exact) mass is 406 g/mol. The van der Waals surface area contributed by atoms with Gasteiger partial charge < -0.3 is 15.4 Å². The number of carbonyl (C=O) groups excluding carboxylic acids is 2. The van der Waals surface area contributed by atoms with Gasteiger partial charge in [-0.3, -0.25) is 9.59 Å². The predicted molar refractivity (Wildman–Crippen MR) is 119 cm³/mol. The second-order valence-corrected chi connectivity index (χ2v) is 7.21. The minimum atomic E-state index is -0.224. The van der Waals surface area contributed by atoms with E-state index in [4.69, 9.17) is 4.74 Å². The molecule has 0 saturated carbocycles. The maximum Gasteiger partial charge on any atom is 0.255 e. The molecule has 0 bridgehead atoms. The van der Waals surface area contributed by atoms with Crippen LogP contribution >= 0.6 is 11.8 Å². The second-order valence-electron chi connectivity index (χ2n) is 6.35. The molecule has 0 saturated heterocycles. The zero-order valence-electron chi connectivity index (χ0n) is 16.3. The molecule has 5 nitrogen and oxygen atoms in total. The largest absolute Gasteiger partial charge is 0.497 e. The van der Waals surface area contributed by atoms with Gasteiger partial charge in [0.1, 0.15) is 5.75 Å². The van der Waals surface area contributed by atoms with E-state index < -0.39 is 0 Å². The van der Waals surface area contributed by atoms with Crippen LogP contribution in [0.2, 0.25) is 0 Å². The number of carbonyl (C=O) groups is 2. The third-order valence-electron chi connectivity index (χ3n) is 4.25. The molecule has 0 heterocycles. The van der Waals surface area contributed by atoms with Crippen LogP contribution in [-0.4, -0.2) is 25.2 Å². The molecule has 0 unspecified atom stereocenters. The standard InChI is InChI=1S/C23H22N2O3S/c1-28-21-12-10-20(11-13-21)24-22(26)17-6-8-19(9-7-17)25-23(27)18-5-3-4-16(14-18)15-29-2/h3-14H,15H2,1-2H3,(H,24,26)(H,25,27). The molecule has 0 fully saturated rings. The van der Waals surface area contributed by atoms with Gasteiger partial charge in [0.15, 0.2) is 0 Å². The number of benzene rings is 3. The van der Waals surface area contributed by atoms with Crippen LogP contribution in [0, 0.1) is 0 Å². The number of thioether (sulfide) groups is 1. The van der Waals surface area contributed by atoms with E-state index in [2.05, 4.69) is 10.6 Å². The number of amides is 2. The van der Waals surface area contributed by atoms with Gasteiger partial charge in [-0.15, -0.1) is 0 Å². The van der Waals surface area contributed by atoms with Gasteiger partial charge in [-0.1, -0.05) is 12.1 Å². The molecular formula is C23H22N2O3S. The number of anilines is 2. The van der Waals surface area contributed by atoms with Crippen LogP contribution in [0.5, 0.6) is 5.75 Å². The maximum atomic E-state index is 12.5. The molecule has 0 atom stereocenters. The Balaban J connectivity index is 1.62. The zero-order chi connectivity index (χ0) is 20.6. The maximum absolute atomic E-state index is 12.5. The van der Waals surface area contributed by atoms with Gasteiger partial charge in [0, 0.05) is 28.3 Å². The van der Waals surface area contributed by atoms with Gasteiger partial charge in [-0.05, 0) is 72.5 Å². The highest BCUT2D eigenvalue weighted by Crippen LogP contribution is 2.18. The molecule has 3 rings (SSSR count). The summed E-state index contributed by atoms with van der Waals surface area (Å²) in [6.45, 7) is 0. The molecule has 0 aliphatic rings. The minimum Gasteiger partial charge on any atom is -0.497 e. The van der Waals surface area contributed by atoms with Crippen LogP contribution in [0.3, 0.4) is 0 Å². The molecule has 2 amide bonds. The Morgan fingerprint density at radius 3 is 2.00 bits per heavy atom. The average molecular weight is 407 g/mol. The highest BCUT2D eigenvalue weighted by Gasteiger charge is 2.09. The number of hydrogen-bond donors (Lipinski definition) is 2. The van der Waals surface area contributed by atoms with Crippen LogP contribution in [0.25, 0.3) is 0 Å². The van der Waals surface area contributed by atoms with E-state index in [0.29, 0.717) is 22.5 Å². The number of rotatable bonds is 7. The summed E-state index contributed by atoms with van der Waals surface area (Å²) in [7, 11) is 1.59. The van der Waals surface area contributed by atoms with Crippen molar-refractivity contribution in [3.63, 3.8) is 0 Å². The molecule has 0 spiro atoms. The van der Waals surface area contributed by atoms with E-state index in [-0.39, 0.29) is 11.8 Å². The normalized spacial score (nSPS) is 10.3. The van der Waals surface area contributed by atoms with E-state index in [1.54, 1.807) is 73.5 Å². The van der Waals surface area contributed by atoms with Gasteiger partial charge in [-0.25, -0.2) is 0 Å². The van der Waals surface area contributed by atoms with E-state index in [1.807, 2.05) is 24.5 Å². The Bertz CT molecular complexity index is 986. The van der Waals surface area contributed by atoms with E-state index >= 15 is 0 Å². The van der Waals surface area contributed by atoms with Crippen molar-refractivity contribution in [3.05, 3.63) is 89.5 Å². The number of hydrogen-bond acceptors (Lipinski definition) is 4. The van der Waals surface area contributed by atoms with Crippen LogP contribution in [0.1, 0.15) is 26.3 Å². The lowest BCUT2D eigenvalue weighted by Gasteiger charge is -2.09. The van der Waals surface area contributed by atoms with Gasteiger partial charge in [0.05, 0.1) is 7.11 Å². The molecule has 3 aromatic carbocycles. The molecule has 3 aromatic rings. The first-order chi connectivity index (χ1) is 14.1. The molecule has 0 aliphatic carbocycles. The van der Waals surface area contributed by atoms with Crippen molar-refractivity contribution >= 4 is 35.0 Å². The number of ether oxygens (including phenoxy) is 1. The first-order valence-electron chi connectivity index (χ1n) is 9.04. The van der Waals surface area contributed by atoms with Crippen molar-refractivity contribution in [1.29, 1.82) is 0 Å². The van der Waals surface area contributed by atoms with Crippen molar-refractivity contribution < 1.29 is 14.3 Å². The molecule has 0 radical (unpaired) electrons. The first kappa shape index (κ1) is 20.5. The number of methoxy groups -OCH3 is 1. The van der Waals surface area contributed by atoms with Crippen LogP contribution in [-0.2, 0) is 5.75 Å². The summed E-state index contributed by atoms with van der Waals surface area (Å²) in [5.41, 5.74) is 3.53. The highest BCUT2D eigenvalue weighted by molar-refractivity contribution is 7.97. The zero-order valence-corrected chi connectivity index (χ0v) is 17.1. The number of nitrogens with one attached hydrogen (secondary N) is 2. The van der Waals surface area contributed by atoms with Gasteiger partial charge >= 0.3 is 0 Å². The van der Waals surface area contributed by atoms with Crippen LogP contribution in [0.15, 0.2) is 72.8 Å². The van der Waals surface area contributed by atoms with Crippen molar-refractivity contribution in [1.82, 2.24) is 0 Å². The van der Waals surface area contributed by atoms with Crippen LogP contribution < -0.4 is 15.4 Å². The molecular weight excluding hydrogens is 384 g/mol. The second kappa shape index (κ2) is 9.80.